The minimum absolute atomic E-state index is 0.422. The molecule has 6 heteroatoms. The van der Waals surface area contributed by atoms with Gasteiger partial charge in [-0.3, -0.25) is 0 Å². The number of halogens is 1. The van der Waals surface area contributed by atoms with Crippen LogP contribution < -0.4 is 5.32 Å². The summed E-state index contributed by atoms with van der Waals surface area (Å²) in [4.78, 5) is 1.29. The van der Waals surface area contributed by atoms with E-state index in [1.54, 1.807) is 11.3 Å². The lowest BCUT2D eigenvalue weighted by Crippen LogP contribution is -2.37. The Hall–Kier alpha value is -0.910. The summed E-state index contributed by atoms with van der Waals surface area (Å²) in [6, 6.07) is 4.53. The molecule has 0 spiro atoms. The van der Waals surface area contributed by atoms with Crippen LogP contribution in [0.1, 0.15) is 42.7 Å². The fourth-order valence-electron chi connectivity index (χ4n) is 2.63. The van der Waals surface area contributed by atoms with Crippen LogP contribution in [0.5, 0.6) is 0 Å². The zero-order valence-electron chi connectivity index (χ0n) is 11.8. The summed E-state index contributed by atoms with van der Waals surface area (Å²) >= 11 is 7.60. The maximum Gasteiger partial charge on any atom is 0.135 e. The van der Waals surface area contributed by atoms with Crippen LogP contribution in [0.15, 0.2) is 12.1 Å². The van der Waals surface area contributed by atoms with Gasteiger partial charge in [0.25, 0.3) is 0 Å². The number of fused-ring (bicyclic) bond motifs is 1. The van der Waals surface area contributed by atoms with Crippen molar-refractivity contribution in [1.82, 2.24) is 20.1 Å². The predicted octanol–water partition coefficient (Wildman–Crippen LogP) is 3.22. The SMILES string of the molecule is CC(C)c1nnc2n1C[C@@H](NCc1ccc(Cl)s1)CC2. The van der Waals surface area contributed by atoms with Gasteiger partial charge in [-0.2, -0.15) is 0 Å². The average molecular weight is 311 g/mol. The van der Waals surface area contributed by atoms with Gasteiger partial charge in [-0.25, -0.2) is 0 Å². The van der Waals surface area contributed by atoms with Gasteiger partial charge < -0.3 is 9.88 Å². The Bertz CT molecular complexity index is 590. The van der Waals surface area contributed by atoms with E-state index in [0.29, 0.717) is 12.0 Å². The highest BCUT2D eigenvalue weighted by Gasteiger charge is 2.23. The Morgan fingerprint density at radius 2 is 2.30 bits per heavy atom. The molecule has 0 bridgehead atoms. The summed E-state index contributed by atoms with van der Waals surface area (Å²) in [5.41, 5.74) is 0. The minimum Gasteiger partial charge on any atom is -0.313 e. The topological polar surface area (TPSA) is 42.7 Å². The molecule has 1 atom stereocenters. The van der Waals surface area contributed by atoms with Gasteiger partial charge in [0.05, 0.1) is 4.34 Å². The second kappa shape index (κ2) is 5.84. The fourth-order valence-corrected chi connectivity index (χ4v) is 3.67. The van der Waals surface area contributed by atoms with Gasteiger partial charge in [0.2, 0.25) is 0 Å². The summed E-state index contributed by atoms with van der Waals surface area (Å²) in [5.74, 6) is 2.66. The van der Waals surface area contributed by atoms with Gasteiger partial charge in [-0.05, 0) is 18.6 Å². The smallest absolute Gasteiger partial charge is 0.135 e. The predicted molar refractivity (Wildman–Crippen MR) is 82.4 cm³/mol. The molecule has 0 radical (unpaired) electrons. The number of rotatable bonds is 4. The molecule has 1 aliphatic rings. The molecule has 0 amide bonds. The van der Waals surface area contributed by atoms with Crippen LogP contribution in [0, 0.1) is 0 Å². The molecule has 2 aromatic rings. The molecule has 0 unspecified atom stereocenters. The van der Waals surface area contributed by atoms with Gasteiger partial charge in [0, 0.05) is 36.3 Å². The van der Waals surface area contributed by atoms with Crippen LogP contribution in [0.4, 0.5) is 0 Å². The van der Waals surface area contributed by atoms with E-state index in [0.717, 1.165) is 41.9 Å². The van der Waals surface area contributed by atoms with Crippen LogP contribution in [-0.2, 0) is 19.5 Å². The summed E-state index contributed by atoms with van der Waals surface area (Å²) < 4.78 is 3.14. The van der Waals surface area contributed by atoms with Crippen molar-refractivity contribution in [2.75, 3.05) is 0 Å². The summed E-state index contributed by atoms with van der Waals surface area (Å²) in [6.07, 6.45) is 2.12. The molecule has 0 saturated heterocycles. The van der Waals surface area contributed by atoms with Crippen molar-refractivity contribution in [3.05, 3.63) is 33.0 Å². The van der Waals surface area contributed by atoms with E-state index in [1.807, 2.05) is 6.07 Å². The zero-order valence-corrected chi connectivity index (χ0v) is 13.3. The van der Waals surface area contributed by atoms with Gasteiger partial charge in [-0.15, -0.1) is 21.5 Å². The fraction of sp³-hybridized carbons (Fsp3) is 0.571. The van der Waals surface area contributed by atoms with Crippen molar-refractivity contribution in [3.8, 4) is 0 Å². The molecule has 0 aromatic carbocycles. The first-order valence-corrected chi connectivity index (χ1v) is 8.22. The average Bonchev–Trinajstić information content (AvgIpc) is 3.01. The van der Waals surface area contributed by atoms with Crippen molar-refractivity contribution in [3.63, 3.8) is 0 Å². The zero-order chi connectivity index (χ0) is 14.1. The third-order valence-corrected chi connectivity index (χ3v) is 4.92. The van der Waals surface area contributed by atoms with Gasteiger partial charge >= 0.3 is 0 Å². The van der Waals surface area contributed by atoms with E-state index in [2.05, 4.69) is 40.0 Å². The van der Waals surface area contributed by atoms with Crippen molar-refractivity contribution in [2.45, 2.75) is 51.7 Å². The van der Waals surface area contributed by atoms with Crippen molar-refractivity contribution in [1.29, 1.82) is 0 Å². The Labute approximate surface area is 128 Å². The normalized spacial score (nSPS) is 18.5. The van der Waals surface area contributed by atoms with Gasteiger partial charge in [-0.1, -0.05) is 25.4 Å². The number of hydrogen-bond donors (Lipinski definition) is 1. The molecule has 0 aliphatic carbocycles. The number of aromatic nitrogens is 3. The molecule has 1 N–H and O–H groups in total. The Balaban J connectivity index is 1.64. The molecule has 2 aromatic heterocycles. The highest BCUT2D eigenvalue weighted by atomic mass is 35.5. The molecular formula is C14H19ClN4S. The second-order valence-electron chi connectivity index (χ2n) is 5.56. The maximum absolute atomic E-state index is 5.96. The first-order valence-electron chi connectivity index (χ1n) is 7.03. The lowest BCUT2D eigenvalue weighted by Gasteiger charge is -2.25. The van der Waals surface area contributed by atoms with E-state index < -0.39 is 0 Å². The molecule has 3 rings (SSSR count). The van der Waals surface area contributed by atoms with Gasteiger partial charge in [0.15, 0.2) is 0 Å². The quantitative estimate of drug-likeness (QED) is 0.943. The largest absolute Gasteiger partial charge is 0.313 e. The second-order valence-corrected chi connectivity index (χ2v) is 7.36. The number of thiophene rings is 1. The molecule has 20 heavy (non-hydrogen) atoms. The summed E-state index contributed by atoms with van der Waals surface area (Å²) in [5, 5.41) is 12.3. The highest BCUT2D eigenvalue weighted by Crippen LogP contribution is 2.23. The van der Waals surface area contributed by atoms with Crippen LogP contribution >= 0.6 is 22.9 Å². The third-order valence-electron chi connectivity index (χ3n) is 3.69. The maximum atomic E-state index is 5.96. The molecular weight excluding hydrogens is 292 g/mol. The monoisotopic (exact) mass is 310 g/mol. The molecule has 3 heterocycles. The summed E-state index contributed by atoms with van der Waals surface area (Å²) in [6.45, 7) is 6.19. The Morgan fingerprint density at radius 3 is 3.00 bits per heavy atom. The molecule has 4 nitrogen and oxygen atoms in total. The molecule has 1 aliphatic heterocycles. The van der Waals surface area contributed by atoms with Crippen molar-refractivity contribution < 1.29 is 0 Å². The lowest BCUT2D eigenvalue weighted by molar-refractivity contribution is 0.371. The van der Waals surface area contributed by atoms with E-state index in [4.69, 9.17) is 11.6 Å². The molecule has 108 valence electrons. The number of hydrogen-bond acceptors (Lipinski definition) is 4. The van der Waals surface area contributed by atoms with Crippen molar-refractivity contribution >= 4 is 22.9 Å². The molecule has 0 fully saturated rings. The van der Waals surface area contributed by atoms with E-state index in [9.17, 15) is 0 Å². The molecule has 0 saturated carbocycles. The van der Waals surface area contributed by atoms with Crippen LogP contribution in [0.25, 0.3) is 0 Å². The van der Waals surface area contributed by atoms with Crippen LogP contribution in [0.2, 0.25) is 4.34 Å². The number of nitrogens with one attached hydrogen (secondary N) is 1. The first kappa shape index (κ1) is 14.0. The number of aryl methyl sites for hydroxylation is 1. The Morgan fingerprint density at radius 1 is 1.45 bits per heavy atom. The summed E-state index contributed by atoms with van der Waals surface area (Å²) in [7, 11) is 0. The van der Waals surface area contributed by atoms with Crippen molar-refractivity contribution in [2.24, 2.45) is 0 Å². The van der Waals surface area contributed by atoms with Crippen LogP contribution in [-0.4, -0.2) is 20.8 Å². The van der Waals surface area contributed by atoms with Gasteiger partial charge in [0.1, 0.15) is 11.6 Å². The highest BCUT2D eigenvalue weighted by molar-refractivity contribution is 7.16. The lowest BCUT2D eigenvalue weighted by atomic mass is 10.1. The van der Waals surface area contributed by atoms with E-state index in [-0.39, 0.29) is 0 Å². The van der Waals surface area contributed by atoms with E-state index >= 15 is 0 Å². The standard InChI is InChI=1S/C14H19ClN4S/c1-9(2)14-18-17-13-6-3-10(8-19(13)14)16-7-11-4-5-12(15)20-11/h4-5,9-10,16H,3,6-8H2,1-2H3/t10-/m0/s1. The first-order chi connectivity index (χ1) is 9.63. The third kappa shape index (κ3) is 2.90. The Kier molecular flexibility index (Phi) is 4.10. The van der Waals surface area contributed by atoms with Crippen LogP contribution in [0.3, 0.4) is 0 Å². The van der Waals surface area contributed by atoms with E-state index in [1.165, 1.54) is 4.88 Å². The minimum atomic E-state index is 0.422. The number of nitrogens with zero attached hydrogens (tertiary/aromatic N) is 3.